The van der Waals surface area contributed by atoms with E-state index in [-0.39, 0.29) is 25.3 Å². The topological polar surface area (TPSA) is 78.5 Å². The molecule has 0 saturated carbocycles. The van der Waals surface area contributed by atoms with Crippen molar-refractivity contribution in [2.24, 2.45) is 0 Å². The number of fused-ring (bicyclic) bond motifs is 1. The zero-order valence-electron chi connectivity index (χ0n) is 11.7. The predicted molar refractivity (Wildman–Crippen MR) is 76.6 cm³/mol. The Labute approximate surface area is 122 Å². The molecule has 0 spiro atoms. The van der Waals surface area contributed by atoms with E-state index < -0.39 is 5.97 Å². The van der Waals surface area contributed by atoms with Crippen LogP contribution in [0.3, 0.4) is 0 Å². The minimum absolute atomic E-state index is 0.0879. The van der Waals surface area contributed by atoms with Gasteiger partial charge in [0.05, 0.1) is 7.11 Å². The summed E-state index contributed by atoms with van der Waals surface area (Å²) in [4.78, 5) is 22.0. The molecule has 0 aliphatic heterocycles. The summed E-state index contributed by atoms with van der Waals surface area (Å²) >= 11 is 0. The summed E-state index contributed by atoms with van der Waals surface area (Å²) in [5, 5.41) is 15.1. The second-order valence-corrected chi connectivity index (χ2v) is 4.62. The van der Waals surface area contributed by atoms with Crippen molar-refractivity contribution < 1.29 is 19.4 Å². The molecule has 5 nitrogen and oxygen atoms in total. The number of carbonyl (C=O) groups excluding carboxylic acids is 2. The molecule has 2 rings (SSSR count). The van der Waals surface area contributed by atoms with Crippen molar-refractivity contribution in [1.82, 2.24) is 5.32 Å². The van der Waals surface area contributed by atoms with Crippen LogP contribution in [0.2, 0.25) is 0 Å². The highest BCUT2D eigenvalue weighted by Crippen LogP contribution is 2.27. The van der Waals surface area contributed by atoms with E-state index in [2.05, 4.69) is 5.32 Å². The van der Waals surface area contributed by atoms with Crippen molar-refractivity contribution in [3.8, 4) is 5.75 Å². The fraction of sp³-hybridized carbons (Fsp3) is 0.250. The monoisotopic (exact) mass is 286 g/mol. The Hall–Kier alpha value is -2.56. The zero-order chi connectivity index (χ0) is 15.2. The maximum absolute atomic E-state index is 11.6. The molecule has 1 N–H and O–H groups in total. The lowest BCUT2D eigenvalue weighted by atomic mass is 10.0. The van der Waals surface area contributed by atoms with Crippen LogP contribution in [-0.2, 0) is 16.1 Å². The first-order valence-corrected chi connectivity index (χ1v) is 6.63. The van der Waals surface area contributed by atoms with Gasteiger partial charge in [0, 0.05) is 24.5 Å². The molecule has 5 heteroatoms. The lowest BCUT2D eigenvalue weighted by Crippen LogP contribution is -2.27. The van der Waals surface area contributed by atoms with Crippen LogP contribution in [0.25, 0.3) is 10.8 Å². The van der Waals surface area contributed by atoms with Gasteiger partial charge in [-0.2, -0.15) is 0 Å². The van der Waals surface area contributed by atoms with Gasteiger partial charge in [-0.05, 0) is 23.3 Å². The van der Waals surface area contributed by atoms with Gasteiger partial charge in [-0.25, -0.2) is 0 Å². The van der Waals surface area contributed by atoms with Crippen LogP contribution >= 0.6 is 0 Å². The first-order valence-electron chi connectivity index (χ1n) is 6.63. The largest absolute Gasteiger partial charge is 0.550 e. The average Bonchev–Trinajstić information content (AvgIpc) is 2.50. The van der Waals surface area contributed by atoms with Gasteiger partial charge in [-0.3, -0.25) is 4.79 Å². The number of aliphatic carboxylic acids is 1. The number of rotatable bonds is 6. The third-order valence-electron chi connectivity index (χ3n) is 3.24. The van der Waals surface area contributed by atoms with E-state index in [1.54, 1.807) is 7.11 Å². The number of methoxy groups -OCH3 is 1. The molecule has 21 heavy (non-hydrogen) atoms. The number of ether oxygens (including phenoxy) is 1. The fourth-order valence-corrected chi connectivity index (χ4v) is 2.18. The first-order chi connectivity index (χ1) is 10.1. The molecule has 0 aliphatic carbocycles. The van der Waals surface area contributed by atoms with E-state index in [9.17, 15) is 14.7 Å². The second kappa shape index (κ2) is 6.74. The molecule has 1 amide bonds. The maximum Gasteiger partial charge on any atom is 0.220 e. The number of amides is 1. The standard InChI is InChI=1S/C16H17NO4/c1-21-14-7-6-11-4-2-3-5-12(11)13(14)10-17-15(18)8-9-16(19)20/h2-7H,8-10H2,1H3,(H,17,18)(H,19,20)/p-1. The first kappa shape index (κ1) is 14.8. The third-order valence-corrected chi connectivity index (χ3v) is 3.24. The van der Waals surface area contributed by atoms with Crippen molar-refractivity contribution in [3.05, 3.63) is 42.0 Å². The lowest BCUT2D eigenvalue weighted by Gasteiger charge is -2.13. The highest BCUT2D eigenvalue weighted by molar-refractivity contribution is 5.88. The predicted octanol–water partition coefficient (Wildman–Crippen LogP) is 0.995. The van der Waals surface area contributed by atoms with Gasteiger partial charge in [0.1, 0.15) is 5.75 Å². The Kier molecular flexibility index (Phi) is 4.77. The summed E-state index contributed by atoms with van der Waals surface area (Å²) in [5.74, 6) is -0.865. The van der Waals surface area contributed by atoms with Crippen molar-refractivity contribution in [1.29, 1.82) is 0 Å². The normalized spacial score (nSPS) is 10.3. The number of hydrogen-bond donors (Lipinski definition) is 1. The van der Waals surface area contributed by atoms with Crippen molar-refractivity contribution >= 4 is 22.6 Å². The molecule has 0 heterocycles. The third kappa shape index (κ3) is 3.72. The Morgan fingerprint density at radius 3 is 2.62 bits per heavy atom. The molecule has 110 valence electrons. The highest BCUT2D eigenvalue weighted by atomic mass is 16.5. The number of benzene rings is 2. The van der Waals surface area contributed by atoms with Crippen molar-refractivity contribution in [2.75, 3.05) is 7.11 Å². The molecule has 0 saturated heterocycles. The zero-order valence-corrected chi connectivity index (χ0v) is 11.7. The summed E-state index contributed by atoms with van der Waals surface area (Å²) in [6, 6.07) is 11.6. The minimum Gasteiger partial charge on any atom is -0.550 e. The summed E-state index contributed by atoms with van der Waals surface area (Å²) in [6.07, 6.45) is -0.367. The molecule has 0 aliphatic rings. The number of nitrogens with one attached hydrogen (secondary N) is 1. The van der Waals surface area contributed by atoms with Gasteiger partial charge in [0.25, 0.3) is 0 Å². The smallest absolute Gasteiger partial charge is 0.220 e. The molecule has 0 unspecified atom stereocenters. The Morgan fingerprint density at radius 2 is 1.90 bits per heavy atom. The molecule has 2 aromatic carbocycles. The summed E-state index contributed by atoms with van der Waals surface area (Å²) < 4.78 is 5.33. The van der Waals surface area contributed by atoms with E-state index in [0.29, 0.717) is 5.75 Å². The molecule has 0 radical (unpaired) electrons. The van der Waals surface area contributed by atoms with E-state index in [1.165, 1.54) is 0 Å². The Bertz CT molecular complexity index is 666. The average molecular weight is 286 g/mol. The van der Waals surface area contributed by atoms with Crippen LogP contribution in [0.15, 0.2) is 36.4 Å². The Morgan fingerprint density at radius 1 is 1.14 bits per heavy atom. The Balaban J connectivity index is 2.17. The van der Waals surface area contributed by atoms with Gasteiger partial charge in [-0.15, -0.1) is 0 Å². The van der Waals surface area contributed by atoms with Crippen molar-refractivity contribution in [3.63, 3.8) is 0 Å². The number of carboxylic acid groups (broad SMARTS) is 1. The quantitative estimate of drug-likeness (QED) is 0.859. The molecule has 0 bridgehead atoms. The summed E-state index contributed by atoms with van der Waals surface area (Å²) in [6.45, 7) is 0.288. The van der Waals surface area contributed by atoms with Crippen molar-refractivity contribution in [2.45, 2.75) is 19.4 Å². The molecular weight excluding hydrogens is 270 g/mol. The van der Waals surface area contributed by atoms with E-state index in [1.807, 2.05) is 36.4 Å². The van der Waals surface area contributed by atoms with Gasteiger partial charge >= 0.3 is 0 Å². The fourth-order valence-electron chi connectivity index (χ4n) is 2.18. The van der Waals surface area contributed by atoms with Crippen LogP contribution < -0.4 is 15.2 Å². The minimum atomic E-state index is -1.23. The summed E-state index contributed by atoms with van der Waals surface area (Å²) in [5.41, 5.74) is 0.873. The molecule has 0 atom stereocenters. The van der Waals surface area contributed by atoms with Gasteiger partial charge in [0.2, 0.25) is 5.91 Å². The molecule has 0 aromatic heterocycles. The van der Waals surface area contributed by atoms with Crippen LogP contribution in [0, 0.1) is 0 Å². The van der Waals surface area contributed by atoms with E-state index >= 15 is 0 Å². The molecule has 0 fully saturated rings. The van der Waals surface area contributed by atoms with E-state index in [4.69, 9.17) is 4.74 Å². The number of carboxylic acids is 1. The van der Waals surface area contributed by atoms with Crippen LogP contribution in [-0.4, -0.2) is 19.0 Å². The molecular formula is C16H16NO4-. The molecule has 2 aromatic rings. The summed E-state index contributed by atoms with van der Waals surface area (Å²) in [7, 11) is 1.57. The van der Waals surface area contributed by atoms with Gasteiger partial charge in [0.15, 0.2) is 0 Å². The van der Waals surface area contributed by atoms with Crippen LogP contribution in [0.1, 0.15) is 18.4 Å². The SMILES string of the molecule is COc1ccc2ccccc2c1CNC(=O)CCC(=O)[O-]. The number of carbonyl (C=O) groups is 2. The van der Waals surface area contributed by atoms with Crippen LogP contribution in [0.4, 0.5) is 0 Å². The number of hydrogen-bond acceptors (Lipinski definition) is 4. The van der Waals surface area contributed by atoms with Crippen LogP contribution in [0.5, 0.6) is 5.75 Å². The second-order valence-electron chi connectivity index (χ2n) is 4.62. The maximum atomic E-state index is 11.6. The highest BCUT2D eigenvalue weighted by Gasteiger charge is 2.09. The lowest BCUT2D eigenvalue weighted by molar-refractivity contribution is -0.305. The van der Waals surface area contributed by atoms with E-state index in [0.717, 1.165) is 16.3 Å². The van der Waals surface area contributed by atoms with Gasteiger partial charge in [-0.1, -0.05) is 30.3 Å². The van der Waals surface area contributed by atoms with Gasteiger partial charge < -0.3 is 20.0 Å².